The number of ether oxygens (including phenoxy) is 2. The van der Waals surface area contributed by atoms with E-state index in [0.717, 1.165) is 10.5 Å². The predicted octanol–water partition coefficient (Wildman–Crippen LogP) is 0.576. The van der Waals surface area contributed by atoms with Gasteiger partial charge in [-0.05, 0) is 0 Å². The van der Waals surface area contributed by atoms with Crippen LogP contribution in [-0.2, 0) is 20.8 Å². The molecule has 1 unspecified atom stereocenters. The van der Waals surface area contributed by atoms with Crippen molar-refractivity contribution in [2.75, 3.05) is 20.9 Å². The third kappa shape index (κ3) is 2.79. The van der Waals surface area contributed by atoms with Gasteiger partial charge in [-0.1, -0.05) is 0 Å². The van der Waals surface area contributed by atoms with E-state index in [0.29, 0.717) is 35.8 Å². The maximum absolute atomic E-state index is 12.9. The van der Waals surface area contributed by atoms with Crippen molar-refractivity contribution in [1.82, 2.24) is 9.80 Å². The fraction of sp³-hybridized carbons (Fsp3) is 0.357. The van der Waals surface area contributed by atoms with Gasteiger partial charge in [0.2, 0.25) is 0 Å². The van der Waals surface area contributed by atoms with Crippen LogP contribution in [0.25, 0.3) is 0 Å². The Morgan fingerprint density at radius 1 is 1.17 bits per heavy atom. The molecular weight excluding hydrogens is 545 g/mol. The third-order valence-corrected chi connectivity index (χ3v) is 9.49. The molecule has 0 aromatic heterocycles. The molecule has 0 aliphatic carbocycles. The Bertz CT molecular complexity index is 731. The number of fused-ring (bicyclic) bond motifs is 1. The molecule has 10 heteroatoms. The zero-order valence-electron chi connectivity index (χ0n) is 13.0. The van der Waals surface area contributed by atoms with Crippen molar-refractivity contribution in [2.24, 2.45) is 0 Å². The second kappa shape index (κ2) is 6.75. The number of benzene rings is 1. The monoisotopic (exact) mass is 558 g/mol. The molecule has 1 aromatic rings. The molecule has 0 N–H and O–H groups in total. The van der Waals surface area contributed by atoms with Crippen molar-refractivity contribution < 1.29 is 23.9 Å². The van der Waals surface area contributed by atoms with E-state index in [2.05, 4.69) is 0 Å². The summed E-state index contributed by atoms with van der Waals surface area (Å²) in [7, 11) is 5.73. The molecule has 1 saturated heterocycles. The summed E-state index contributed by atoms with van der Waals surface area (Å²) < 4.78 is 10.7. The van der Waals surface area contributed by atoms with E-state index in [4.69, 9.17) is 9.47 Å². The molecule has 2 heterocycles. The van der Waals surface area contributed by atoms with E-state index in [-0.39, 0.29) is 19.1 Å². The standard InChI is InChI=1S/C14H14N2O5S2.Tl/c1-15-11(17)12(18)16(2)14(23-22,13(15)19)6-8-3-4-9-10(5-8)21-7-20-9;/h3-5,22H,6-7H2,1-2H3;/q;+1/p-1. The Kier molecular flexibility index (Phi) is 5.02. The van der Waals surface area contributed by atoms with Gasteiger partial charge in [-0.3, -0.25) is 0 Å². The van der Waals surface area contributed by atoms with Crippen LogP contribution in [0.15, 0.2) is 18.2 Å². The summed E-state index contributed by atoms with van der Waals surface area (Å²) in [5.41, 5.74) is 0.835. The second-order valence-electron chi connectivity index (χ2n) is 5.36. The van der Waals surface area contributed by atoms with Crippen LogP contribution >= 0.6 is 18.1 Å². The van der Waals surface area contributed by atoms with Gasteiger partial charge >= 0.3 is 161 Å². The van der Waals surface area contributed by atoms with Gasteiger partial charge in [0.15, 0.2) is 0 Å². The molecule has 1 fully saturated rings. The fourth-order valence-corrected chi connectivity index (χ4v) is 10.2. The minimum atomic E-state index is -1.15. The summed E-state index contributed by atoms with van der Waals surface area (Å²) >= 11 is 0.577. The Hall–Kier alpha value is -0.948. The molecule has 2 aliphatic rings. The Labute approximate surface area is 160 Å². The maximum atomic E-state index is 12.9. The molecular formula is C14H13N2O5S2Tl. The van der Waals surface area contributed by atoms with E-state index in [9.17, 15) is 14.4 Å². The van der Waals surface area contributed by atoms with Crippen LogP contribution < -0.4 is 9.47 Å². The number of hydrogen-bond acceptors (Lipinski definition) is 7. The van der Waals surface area contributed by atoms with Crippen LogP contribution in [0.4, 0.5) is 0 Å². The van der Waals surface area contributed by atoms with Gasteiger partial charge in [0.05, 0.1) is 0 Å². The minimum absolute atomic E-state index is 0.171. The van der Waals surface area contributed by atoms with Crippen LogP contribution in [0.2, 0.25) is 0 Å². The normalized spacial score (nSPS) is 23.1. The second-order valence-corrected chi connectivity index (χ2v) is 14.2. The average molecular weight is 558 g/mol. The first-order chi connectivity index (χ1) is 11.4. The Morgan fingerprint density at radius 3 is 2.58 bits per heavy atom. The van der Waals surface area contributed by atoms with Gasteiger partial charge in [0.1, 0.15) is 0 Å². The van der Waals surface area contributed by atoms with E-state index >= 15 is 0 Å². The number of hydrogen-bond donors (Lipinski definition) is 0. The van der Waals surface area contributed by atoms with Gasteiger partial charge in [-0.15, -0.1) is 0 Å². The fourth-order valence-electron chi connectivity index (χ4n) is 2.67. The van der Waals surface area contributed by atoms with Crippen LogP contribution in [0.1, 0.15) is 5.56 Å². The van der Waals surface area contributed by atoms with Crippen LogP contribution in [-0.4, -0.2) is 77.5 Å². The van der Waals surface area contributed by atoms with Gasteiger partial charge < -0.3 is 0 Å². The predicted molar refractivity (Wildman–Crippen MR) is 90.5 cm³/mol. The molecule has 2 aliphatic heterocycles. The van der Waals surface area contributed by atoms with Crippen LogP contribution in [0, 0.1) is 0 Å². The number of rotatable bonds is 4. The molecule has 0 bridgehead atoms. The summed E-state index contributed by atoms with van der Waals surface area (Å²) in [6, 6.07) is 5.44. The average Bonchev–Trinajstić information content (AvgIpc) is 3.04. The molecule has 0 spiro atoms. The topological polar surface area (TPSA) is 76.2 Å². The first-order valence-electron chi connectivity index (χ1n) is 6.94. The van der Waals surface area contributed by atoms with Crippen molar-refractivity contribution in [2.45, 2.75) is 11.3 Å². The zero-order chi connectivity index (χ0) is 17.5. The molecule has 0 saturated carbocycles. The van der Waals surface area contributed by atoms with Crippen molar-refractivity contribution >= 4 is 60.1 Å². The number of nitrogens with zero attached hydrogens (tertiary/aromatic N) is 2. The van der Waals surface area contributed by atoms with E-state index in [1.165, 1.54) is 37.1 Å². The summed E-state index contributed by atoms with van der Waals surface area (Å²) in [5, 5.41) is 0. The van der Waals surface area contributed by atoms with Crippen molar-refractivity contribution in [1.29, 1.82) is 0 Å². The summed E-state index contributed by atoms with van der Waals surface area (Å²) in [4.78, 5) is 38.1. The van der Waals surface area contributed by atoms with E-state index in [1.54, 1.807) is 6.07 Å². The molecule has 7 nitrogen and oxygen atoms in total. The van der Waals surface area contributed by atoms with Crippen molar-refractivity contribution in [3.63, 3.8) is 0 Å². The van der Waals surface area contributed by atoms with Crippen LogP contribution in [0.3, 0.4) is 0 Å². The van der Waals surface area contributed by atoms with Gasteiger partial charge in [0, 0.05) is 0 Å². The molecule has 24 heavy (non-hydrogen) atoms. The third-order valence-electron chi connectivity index (χ3n) is 4.04. The first-order valence-corrected chi connectivity index (χ1v) is 14.6. The van der Waals surface area contributed by atoms with Crippen molar-refractivity contribution in [3.8, 4) is 11.5 Å². The number of amides is 3. The molecule has 3 amide bonds. The summed E-state index contributed by atoms with van der Waals surface area (Å²) in [6.45, 7) is 0.171. The summed E-state index contributed by atoms with van der Waals surface area (Å²) in [6.07, 6.45) is 0.284. The van der Waals surface area contributed by atoms with E-state index < -0.39 is 16.7 Å². The van der Waals surface area contributed by atoms with Gasteiger partial charge in [-0.25, -0.2) is 0 Å². The molecule has 1 atom stereocenters. The van der Waals surface area contributed by atoms with Gasteiger partial charge in [0.25, 0.3) is 0 Å². The molecule has 124 valence electrons. The zero-order valence-corrected chi connectivity index (χ0v) is 19.1. The molecule has 0 radical (unpaired) electrons. The van der Waals surface area contributed by atoms with Gasteiger partial charge in [-0.2, -0.15) is 0 Å². The number of likely N-dealkylation sites (N-methyl/N-ethyl adjacent to an activating group) is 2. The number of imide groups is 1. The molecule has 1 aromatic carbocycles. The van der Waals surface area contributed by atoms with Crippen molar-refractivity contribution in [3.05, 3.63) is 23.8 Å². The Morgan fingerprint density at radius 2 is 1.88 bits per heavy atom. The Balaban J connectivity index is 2.00. The number of carbonyl (C=O) groups is 3. The van der Waals surface area contributed by atoms with E-state index in [1.807, 2.05) is 12.1 Å². The first kappa shape index (κ1) is 17.9. The SMILES string of the molecule is CN1C(=O)C(=O)N(C)C(Cc2ccc3c(c2)OCO3)(S[S][Tl])C1=O. The quantitative estimate of drug-likeness (QED) is 0.232. The number of carbonyl (C=O) groups excluding carboxylic acids is 3. The summed E-state index contributed by atoms with van der Waals surface area (Å²) in [5.74, 6) is -0.583. The number of piperazine rings is 1. The molecule has 3 rings (SSSR count). The van der Waals surface area contributed by atoms with Crippen LogP contribution in [0.5, 0.6) is 11.5 Å².